The molecule has 0 radical (unpaired) electrons. The summed E-state index contributed by atoms with van der Waals surface area (Å²) in [5, 5.41) is 7.07. The number of pyridine rings is 1. The minimum absolute atomic E-state index is 0.0869. The minimum atomic E-state index is -0.0869. The van der Waals surface area contributed by atoms with E-state index in [1.54, 1.807) is 17.6 Å². The average molecular weight is 255 g/mol. The van der Waals surface area contributed by atoms with Crippen LogP contribution in [0.4, 0.5) is 0 Å². The fraction of sp³-hybridized carbons (Fsp3) is 0.143. The van der Waals surface area contributed by atoms with E-state index in [2.05, 4.69) is 10.2 Å². The van der Waals surface area contributed by atoms with Gasteiger partial charge >= 0.3 is 0 Å². The largest absolute Gasteiger partial charge is 0.496 e. The maximum atomic E-state index is 11.9. The molecule has 3 rings (SSSR count). The molecule has 0 unspecified atom stereocenters. The molecular formula is C14H13N3O2. The normalized spacial score (nSPS) is 10.8. The van der Waals surface area contributed by atoms with Crippen LogP contribution in [0.1, 0.15) is 11.4 Å². The lowest BCUT2D eigenvalue weighted by molar-refractivity contribution is 0.410. The summed E-state index contributed by atoms with van der Waals surface area (Å²) in [6, 6.07) is 12.8. The summed E-state index contributed by atoms with van der Waals surface area (Å²) in [6.45, 7) is 0. The monoisotopic (exact) mass is 255 g/mol. The molecule has 5 heteroatoms. The summed E-state index contributed by atoms with van der Waals surface area (Å²) in [7, 11) is 1.63. The van der Waals surface area contributed by atoms with Crippen molar-refractivity contribution in [2.45, 2.75) is 6.42 Å². The van der Waals surface area contributed by atoms with Crippen LogP contribution in [-0.4, -0.2) is 21.7 Å². The predicted molar refractivity (Wildman–Crippen MR) is 71.6 cm³/mol. The average Bonchev–Trinajstić information content (AvgIpc) is 2.84. The van der Waals surface area contributed by atoms with Crippen molar-refractivity contribution in [3.05, 3.63) is 64.2 Å². The number of hydrogen-bond donors (Lipinski definition) is 1. The van der Waals surface area contributed by atoms with Crippen LogP contribution in [0.2, 0.25) is 0 Å². The van der Waals surface area contributed by atoms with E-state index < -0.39 is 0 Å². The molecule has 0 saturated heterocycles. The first-order valence-corrected chi connectivity index (χ1v) is 5.96. The van der Waals surface area contributed by atoms with E-state index in [1.165, 1.54) is 6.07 Å². The first-order valence-electron chi connectivity index (χ1n) is 5.96. The Labute approximate surface area is 109 Å². The molecule has 0 aliphatic carbocycles. The third kappa shape index (κ3) is 1.99. The Kier molecular flexibility index (Phi) is 2.79. The highest BCUT2D eigenvalue weighted by molar-refractivity contribution is 5.40. The number of ether oxygens (including phenoxy) is 1. The van der Waals surface area contributed by atoms with Crippen LogP contribution >= 0.6 is 0 Å². The number of para-hydroxylation sites is 1. The lowest BCUT2D eigenvalue weighted by atomic mass is 10.1. The van der Waals surface area contributed by atoms with Crippen LogP contribution in [0.3, 0.4) is 0 Å². The first kappa shape index (κ1) is 11.5. The topological polar surface area (TPSA) is 59.4 Å². The molecule has 0 atom stereocenters. The lowest BCUT2D eigenvalue weighted by Gasteiger charge is -2.06. The van der Waals surface area contributed by atoms with Gasteiger partial charge in [0.05, 0.1) is 7.11 Å². The van der Waals surface area contributed by atoms with Gasteiger partial charge < -0.3 is 4.74 Å². The first-order chi connectivity index (χ1) is 9.29. The second-order valence-corrected chi connectivity index (χ2v) is 4.21. The zero-order valence-corrected chi connectivity index (χ0v) is 10.5. The van der Waals surface area contributed by atoms with Crippen molar-refractivity contribution in [2.75, 3.05) is 7.11 Å². The number of benzene rings is 1. The number of fused-ring (bicyclic) bond motifs is 1. The number of hydrogen-bond acceptors (Lipinski definition) is 3. The molecule has 0 bridgehead atoms. The molecule has 2 aromatic heterocycles. The fourth-order valence-corrected chi connectivity index (χ4v) is 2.15. The van der Waals surface area contributed by atoms with Crippen LogP contribution in [0, 0.1) is 0 Å². The molecule has 1 aromatic carbocycles. The van der Waals surface area contributed by atoms with Gasteiger partial charge in [0.2, 0.25) is 0 Å². The van der Waals surface area contributed by atoms with Gasteiger partial charge in [-0.25, -0.2) is 4.40 Å². The van der Waals surface area contributed by atoms with Crippen molar-refractivity contribution in [3.8, 4) is 5.75 Å². The summed E-state index contributed by atoms with van der Waals surface area (Å²) >= 11 is 0. The van der Waals surface area contributed by atoms with Crippen molar-refractivity contribution in [1.82, 2.24) is 14.6 Å². The lowest BCUT2D eigenvalue weighted by Crippen LogP contribution is -2.13. The Hall–Kier alpha value is -2.56. The van der Waals surface area contributed by atoms with E-state index in [-0.39, 0.29) is 5.56 Å². The number of rotatable bonds is 3. The third-order valence-corrected chi connectivity index (χ3v) is 3.05. The second-order valence-electron chi connectivity index (χ2n) is 4.21. The van der Waals surface area contributed by atoms with E-state index >= 15 is 0 Å². The highest BCUT2D eigenvalue weighted by Gasteiger charge is 2.10. The highest BCUT2D eigenvalue weighted by Crippen LogP contribution is 2.20. The van der Waals surface area contributed by atoms with Gasteiger partial charge in [-0.05, 0) is 12.1 Å². The van der Waals surface area contributed by atoms with Crippen molar-refractivity contribution in [2.24, 2.45) is 0 Å². The molecule has 0 amide bonds. The molecule has 2 heterocycles. The van der Waals surface area contributed by atoms with Gasteiger partial charge in [-0.15, -0.1) is 0 Å². The number of nitrogens with zero attached hydrogens (tertiary/aromatic N) is 2. The Morgan fingerprint density at radius 3 is 2.89 bits per heavy atom. The Morgan fingerprint density at radius 2 is 2.05 bits per heavy atom. The number of nitrogens with one attached hydrogen (secondary N) is 1. The van der Waals surface area contributed by atoms with Crippen molar-refractivity contribution < 1.29 is 4.74 Å². The van der Waals surface area contributed by atoms with Gasteiger partial charge in [-0.1, -0.05) is 24.3 Å². The molecule has 3 aromatic rings. The van der Waals surface area contributed by atoms with Gasteiger partial charge in [0.15, 0.2) is 0 Å². The highest BCUT2D eigenvalue weighted by atomic mass is 16.5. The SMILES string of the molecule is COc1ccccc1Cc1n[nH]c2cccc(=O)n12. The van der Waals surface area contributed by atoms with Gasteiger partial charge in [0, 0.05) is 18.1 Å². The minimum Gasteiger partial charge on any atom is -0.496 e. The standard InChI is InChI=1S/C14H13N3O2/c1-19-11-6-3-2-5-10(11)9-13-16-15-12-7-4-8-14(18)17(12)13/h2-8,15H,9H2,1H3. The van der Waals surface area contributed by atoms with E-state index in [1.807, 2.05) is 30.3 Å². The molecule has 19 heavy (non-hydrogen) atoms. The van der Waals surface area contributed by atoms with Crippen LogP contribution in [-0.2, 0) is 6.42 Å². The van der Waals surface area contributed by atoms with Crippen LogP contribution in [0.25, 0.3) is 5.65 Å². The number of aromatic amines is 1. The maximum Gasteiger partial charge on any atom is 0.257 e. The summed E-state index contributed by atoms with van der Waals surface area (Å²) in [6.07, 6.45) is 0.536. The molecule has 0 saturated carbocycles. The maximum absolute atomic E-state index is 11.9. The van der Waals surface area contributed by atoms with E-state index in [9.17, 15) is 4.79 Å². The van der Waals surface area contributed by atoms with Crippen LogP contribution in [0.15, 0.2) is 47.3 Å². The van der Waals surface area contributed by atoms with Crippen LogP contribution in [0.5, 0.6) is 5.75 Å². The summed E-state index contributed by atoms with van der Waals surface area (Å²) in [5.41, 5.74) is 1.60. The summed E-state index contributed by atoms with van der Waals surface area (Å²) < 4.78 is 6.89. The van der Waals surface area contributed by atoms with Gasteiger partial charge in [-0.2, -0.15) is 5.10 Å². The Morgan fingerprint density at radius 1 is 1.21 bits per heavy atom. The van der Waals surface area contributed by atoms with E-state index in [0.717, 1.165) is 11.3 Å². The van der Waals surface area contributed by atoms with Gasteiger partial charge in [0.1, 0.15) is 17.2 Å². The number of H-pyrrole nitrogens is 1. The Balaban J connectivity index is 2.09. The number of aromatic nitrogens is 3. The van der Waals surface area contributed by atoms with Gasteiger partial charge in [-0.3, -0.25) is 9.89 Å². The molecular weight excluding hydrogens is 242 g/mol. The van der Waals surface area contributed by atoms with Crippen LogP contribution < -0.4 is 10.3 Å². The third-order valence-electron chi connectivity index (χ3n) is 3.05. The van der Waals surface area contributed by atoms with E-state index in [0.29, 0.717) is 17.9 Å². The molecule has 5 nitrogen and oxygen atoms in total. The van der Waals surface area contributed by atoms with E-state index in [4.69, 9.17) is 4.74 Å². The molecule has 0 fully saturated rings. The zero-order chi connectivity index (χ0) is 13.2. The molecule has 0 spiro atoms. The smallest absolute Gasteiger partial charge is 0.257 e. The van der Waals surface area contributed by atoms with Crippen molar-refractivity contribution in [3.63, 3.8) is 0 Å². The summed E-state index contributed by atoms with van der Waals surface area (Å²) in [5.74, 6) is 1.47. The summed E-state index contributed by atoms with van der Waals surface area (Å²) in [4.78, 5) is 11.9. The second kappa shape index (κ2) is 4.61. The van der Waals surface area contributed by atoms with Crippen molar-refractivity contribution in [1.29, 1.82) is 0 Å². The molecule has 1 N–H and O–H groups in total. The fourth-order valence-electron chi connectivity index (χ4n) is 2.15. The predicted octanol–water partition coefficient (Wildman–Crippen LogP) is 1.62. The number of methoxy groups -OCH3 is 1. The zero-order valence-electron chi connectivity index (χ0n) is 10.5. The quantitative estimate of drug-likeness (QED) is 0.773. The molecule has 96 valence electrons. The molecule has 0 aliphatic heterocycles. The van der Waals surface area contributed by atoms with Gasteiger partial charge in [0.25, 0.3) is 5.56 Å². The molecule has 0 aliphatic rings. The Bertz CT molecular complexity index is 773. The van der Waals surface area contributed by atoms with Crippen molar-refractivity contribution >= 4 is 5.65 Å².